The molecule has 30 heavy (non-hydrogen) atoms. The monoisotopic (exact) mass is 431 g/mol. The largest absolute Gasteiger partial charge is 0.379 e. The first-order chi connectivity index (χ1) is 14.6. The summed E-state index contributed by atoms with van der Waals surface area (Å²) in [7, 11) is 0. The van der Waals surface area contributed by atoms with Gasteiger partial charge in [0, 0.05) is 38.8 Å². The van der Waals surface area contributed by atoms with Crippen LogP contribution in [0.5, 0.6) is 0 Å². The van der Waals surface area contributed by atoms with Gasteiger partial charge in [-0.2, -0.15) is 0 Å². The van der Waals surface area contributed by atoms with Crippen LogP contribution in [0.3, 0.4) is 0 Å². The summed E-state index contributed by atoms with van der Waals surface area (Å²) in [5, 5.41) is 4.67. The standard InChI is InChI=1S/C25H41N3OS/c1-21(2)23-12-10-22(11-13-23)20-28(15-14-27-16-18-29-19-17-27)25(30)26-24-8-6-4-3-5-7-9-24/h10-13,21,24H,3-9,14-20H2,1-2H3,(H,26,30). The summed E-state index contributed by atoms with van der Waals surface area (Å²) in [4.78, 5) is 4.88. The highest BCUT2D eigenvalue weighted by Gasteiger charge is 2.18. The third-order valence-electron chi connectivity index (χ3n) is 6.53. The Hall–Kier alpha value is -1.17. The van der Waals surface area contributed by atoms with Crippen LogP contribution in [0.15, 0.2) is 24.3 Å². The molecule has 1 saturated carbocycles. The van der Waals surface area contributed by atoms with Gasteiger partial charge in [0.25, 0.3) is 0 Å². The lowest BCUT2D eigenvalue weighted by Crippen LogP contribution is -2.48. The van der Waals surface area contributed by atoms with Crippen molar-refractivity contribution in [1.29, 1.82) is 0 Å². The summed E-state index contributed by atoms with van der Waals surface area (Å²) in [5.41, 5.74) is 2.73. The van der Waals surface area contributed by atoms with Crippen LogP contribution >= 0.6 is 12.2 Å². The number of ether oxygens (including phenoxy) is 1. The third-order valence-corrected chi connectivity index (χ3v) is 6.91. The van der Waals surface area contributed by atoms with E-state index in [0.717, 1.165) is 51.0 Å². The van der Waals surface area contributed by atoms with Gasteiger partial charge in [-0.3, -0.25) is 4.90 Å². The summed E-state index contributed by atoms with van der Waals surface area (Å²) in [6.45, 7) is 11.1. The zero-order chi connectivity index (χ0) is 21.2. The molecule has 3 rings (SSSR count). The van der Waals surface area contributed by atoms with Gasteiger partial charge in [-0.1, -0.05) is 70.2 Å². The lowest BCUT2D eigenvalue weighted by atomic mass is 9.97. The molecule has 0 aromatic heterocycles. The van der Waals surface area contributed by atoms with Gasteiger partial charge < -0.3 is 15.0 Å². The van der Waals surface area contributed by atoms with Gasteiger partial charge in [0.2, 0.25) is 0 Å². The van der Waals surface area contributed by atoms with E-state index >= 15 is 0 Å². The van der Waals surface area contributed by atoms with E-state index in [0.29, 0.717) is 12.0 Å². The molecule has 1 aliphatic heterocycles. The van der Waals surface area contributed by atoms with Crippen LogP contribution in [0.4, 0.5) is 0 Å². The number of hydrogen-bond donors (Lipinski definition) is 1. The summed E-state index contributed by atoms with van der Waals surface area (Å²) < 4.78 is 5.51. The van der Waals surface area contributed by atoms with Gasteiger partial charge in [0.15, 0.2) is 5.11 Å². The van der Waals surface area contributed by atoms with Gasteiger partial charge in [0.1, 0.15) is 0 Å². The summed E-state index contributed by atoms with van der Waals surface area (Å²) in [6.07, 6.45) is 9.29. The zero-order valence-corrected chi connectivity index (χ0v) is 19.9. The maximum Gasteiger partial charge on any atom is 0.169 e. The molecule has 0 radical (unpaired) electrons. The van der Waals surface area contributed by atoms with E-state index in [4.69, 9.17) is 17.0 Å². The Morgan fingerprint density at radius 1 is 1.07 bits per heavy atom. The van der Waals surface area contributed by atoms with Gasteiger partial charge in [-0.15, -0.1) is 0 Å². The first-order valence-electron chi connectivity index (χ1n) is 12.1. The Kier molecular flexibility index (Phi) is 9.89. The molecule has 0 spiro atoms. The van der Waals surface area contributed by atoms with E-state index in [1.807, 2.05) is 0 Å². The van der Waals surface area contributed by atoms with Crippen molar-refractivity contribution in [2.75, 3.05) is 39.4 Å². The fourth-order valence-corrected chi connectivity index (χ4v) is 4.76. The van der Waals surface area contributed by atoms with Gasteiger partial charge >= 0.3 is 0 Å². The van der Waals surface area contributed by atoms with E-state index in [1.165, 1.54) is 56.1 Å². The molecule has 0 bridgehead atoms. The van der Waals surface area contributed by atoms with Gasteiger partial charge in [0.05, 0.1) is 13.2 Å². The van der Waals surface area contributed by atoms with Crippen molar-refractivity contribution in [2.45, 2.75) is 77.3 Å². The average molecular weight is 432 g/mol. The maximum absolute atomic E-state index is 5.94. The Balaban J connectivity index is 1.61. The SMILES string of the molecule is CC(C)c1ccc(CN(CCN2CCOCC2)C(=S)NC2CCCCCCC2)cc1. The number of rotatable bonds is 7. The number of nitrogens with zero attached hydrogens (tertiary/aromatic N) is 2. The molecule has 4 nitrogen and oxygen atoms in total. The molecule has 0 atom stereocenters. The van der Waals surface area contributed by atoms with E-state index < -0.39 is 0 Å². The Labute approximate surface area is 189 Å². The van der Waals surface area contributed by atoms with Crippen LogP contribution in [0.25, 0.3) is 0 Å². The predicted octanol–water partition coefficient (Wildman–Crippen LogP) is 4.93. The molecule has 2 aliphatic rings. The third kappa shape index (κ3) is 7.82. The van der Waals surface area contributed by atoms with Crippen molar-refractivity contribution in [2.24, 2.45) is 0 Å². The Morgan fingerprint density at radius 3 is 2.33 bits per heavy atom. The second kappa shape index (κ2) is 12.6. The lowest BCUT2D eigenvalue weighted by molar-refractivity contribution is 0.0357. The smallest absolute Gasteiger partial charge is 0.169 e. The number of benzene rings is 1. The van der Waals surface area contributed by atoms with E-state index in [1.54, 1.807) is 0 Å². The highest BCUT2D eigenvalue weighted by atomic mass is 32.1. The predicted molar refractivity (Wildman–Crippen MR) is 130 cm³/mol. The minimum atomic E-state index is 0.534. The maximum atomic E-state index is 5.94. The van der Waals surface area contributed by atoms with Crippen LogP contribution in [0.1, 0.15) is 75.8 Å². The number of hydrogen-bond acceptors (Lipinski definition) is 3. The van der Waals surface area contributed by atoms with Crippen LogP contribution in [-0.2, 0) is 11.3 Å². The highest BCUT2D eigenvalue weighted by Crippen LogP contribution is 2.19. The number of nitrogens with one attached hydrogen (secondary N) is 1. The second-order valence-electron chi connectivity index (χ2n) is 9.26. The Bertz CT molecular complexity index is 620. The molecule has 1 heterocycles. The molecule has 1 N–H and O–H groups in total. The molecule has 1 aliphatic carbocycles. The highest BCUT2D eigenvalue weighted by molar-refractivity contribution is 7.80. The average Bonchev–Trinajstić information content (AvgIpc) is 2.74. The van der Waals surface area contributed by atoms with E-state index in [9.17, 15) is 0 Å². The summed E-state index contributed by atoms with van der Waals surface area (Å²) in [6, 6.07) is 9.62. The molecular weight excluding hydrogens is 390 g/mol. The second-order valence-corrected chi connectivity index (χ2v) is 9.65. The first-order valence-corrected chi connectivity index (χ1v) is 12.5. The molecule has 0 amide bonds. The van der Waals surface area contributed by atoms with Crippen LogP contribution in [0, 0.1) is 0 Å². The van der Waals surface area contributed by atoms with Crippen LogP contribution in [0.2, 0.25) is 0 Å². The van der Waals surface area contributed by atoms with Crippen LogP contribution in [-0.4, -0.2) is 60.3 Å². The lowest BCUT2D eigenvalue weighted by Gasteiger charge is -2.33. The zero-order valence-electron chi connectivity index (χ0n) is 19.1. The molecule has 1 saturated heterocycles. The molecular formula is C25H41N3OS. The van der Waals surface area contributed by atoms with E-state index in [2.05, 4.69) is 53.2 Å². The Morgan fingerprint density at radius 2 is 1.70 bits per heavy atom. The van der Waals surface area contributed by atoms with Crippen LogP contribution < -0.4 is 5.32 Å². The van der Waals surface area contributed by atoms with Crippen molar-refractivity contribution >= 4 is 17.3 Å². The van der Waals surface area contributed by atoms with Crippen molar-refractivity contribution < 1.29 is 4.74 Å². The molecule has 5 heteroatoms. The summed E-state index contributed by atoms with van der Waals surface area (Å²) in [5.74, 6) is 0.568. The summed E-state index contributed by atoms with van der Waals surface area (Å²) >= 11 is 5.94. The number of thiocarbonyl (C=S) groups is 1. The van der Waals surface area contributed by atoms with Gasteiger partial charge in [-0.05, 0) is 42.1 Å². The first kappa shape index (κ1) is 23.5. The molecule has 0 unspecified atom stereocenters. The van der Waals surface area contributed by atoms with Crippen molar-refractivity contribution in [3.63, 3.8) is 0 Å². The molecule has 168 valence electrons. The van der Waals surface area contributed by atoms with E-state index in [-0.39, 0.29) is 0 Å². The minimum absolute atomic E-state index is 0.534. The topological polar surface area (TPSA) is 27.7 Å². The van der Waals surface area contributed by atoms with Crippen molar-refractivity contribution in [3.05, 3.63) is 35.4 Å². The molecule has 1 aromatic carbocycles. The minimum Gasteiger partial charge on any atom is -0.379 e. The fourth-order valence-electron chi connectivity index (χ4n) is 4.43. The fraction of sp³-hybridized carbons (Fsp3) is 0.720. The molecule has 1 aromatic rings. The van der Waals surface area contributed by atoms with Crippen molar-refractivity contribution in [1.82, 2.24) is 15.1 Å². The van der Waals surface area contributed by atoms with Crippen molar-refractivity contribution in [3.8, 4) is 0 Å². The van der Waals surface area contributed by atoms with Gasteiger partial charge in [-0.25, -0.2) is 0 Å². The number of morpholine rings is 1. The quantitative estimate of drug-likeness (QED) is 0.618. The molecule has 2 fully saturated rings. The normalized spacial score (nSPS) is 19.3.